The Kier molecular flexibility index (Phi) is 7.87. The highest BCUT2D eigenvalue weighted by molar-refractivity contribution is 4.73. The van der Waals surface area contributed by atoms with E-state index in [9.17, 15) is 0 Å². The normalized spacial score (nSPS) is 19.9. The zero-order valence-corrected chi connectivity index (χ0v) is 11.1. The molecule has 16 heavy (non-hydrogen) atoms. The van der Waals surface area contributed by atoms with Crippen LogP contribution in [0.15, 0.2) is 0 Å². The molecule has 1 aliphatic carbocycles. The monoisotopic (exact) mass is 227 g/mol. The number of rotatable bonds is 8. The summed E-state index contributed by atoms with van der Waals surface area (Å²) < 4.78 is 5.39. The molecule has 0 amide bonds. The van der Waals surface area contributed by atoms with Gasteiger partial charge in [0.15, 0.2) is 0 Å². The second-order valence-electron chi connectivity index (χ2n) is 5.06. The first-order chi connectivity index (χ1) is 7.86. The molecule has 96 valence electrons. The number of hydrogen-bond donors (Lipinski definition) is 1. The first-order valence-corrected chi connectivity index (χ1v) is 7.11. The maximum Gasteiger partial charge on any atom is 0.0466 e. The largest absolute Gasteiger partial charge is 0.382 e. The zero-order valence-electron chi connectivity index (χ0n) is 11.1. The summed E-state index contributed by atoms with van der Waals surface area (Å²) in [6, 6.07) is 0.712. The van der Waals surface area contributed by atoms with E-state index < -0.39 is 0 Å². The fourth-order valence-electron chi connectivity index (χ4n) is 2.78. The first-order valence-electron chi connectivity index (χ1n) is 7.11. The van der Waals surface area contributed by atoms with E-state index in [0.29, 0.717) is 6.04 Å². The number of ether oxygens (including phenoxy) is 1. The maximum atomic E-state index is 5.39. The lowest BCUT2D eigenvalue weighted by atomic mass is 9.84. The summed E-state index contributed by atoms with van der Waals surface area (Å²) in [5, 5.41) is 3.47. The zero-order chi connectivity index (χ0) is 11.6. The number of nitrogens with one attached hydrogen (secondary N) is 1. The second kappa shape index (κ2) is 9.00. The molecule has 0 aromatic heterocycles. The van der Waals surface area contributed by atoms with Crippen LogP contribution in [0.5, 0.6) is 0 Å². The molecule has 0 spiro atoms. The van der Waals surface area contributed by atoms with Crippen LogP contribution in [0.3, 0.4) is 0 Å². The van der Waals surface area contributed by atoms with E-state index in [4.69, 9.17) is 4.74 Å². The summed E-state index contributed by atoms with van der Waals surface area (Å²) >= 11 is 0. The average Bonchev–Trinajstić information content (AvgIpc) is 2.34. The molecule has 0 radical (unpaired) electrons. The van der Waals surface area contributed by atoms with Crippen LogP contribution in [0, 0.1) is 5.92 Å². The molecule has 0 aliphatic heterocycles. The van der Waals surface area contributed by atoms with E-state index in [-0.39, 0.29) is 0 Å². The van der Waals surface area contributed by atoms with Crippen LogP contribution in [-0.4, -0.2) is 26.3 Å². The van der Waals surface area contributed by atoms with Crippen LogP contribution in [0.25, 0.3) is 0 Å². The van der Waals surface area contributed by atoms with Crippen molar-refractivity contribution in [1.82, 2.24) is 5.32 Å². The highest BCUT2D eigenvalue weighted by Crippen LogP contribution is 2.28. The molecule has 1 N–H and O–H groups in total. The van der Waals surface area contributed by atoms with Gasteiger partial charge in [0, 0.05) is 19.3 Å². The first kappa shape index (κ1) is 14.0. The van der Waals surface area contributed by atoms with Crippen molar-refractivity contribution >= 4 is 0 Å². The molecular formula is C14H29NO. The van der Waals surface area contributed by atoms with Gasteiger partial charge in [0.2, 0.25) is 0 Å². The van der Waals surface area contributed by atoms with Gasteiger partial charge >= 0.3 is 0 Å². The van der Waals surface area contributed by atoms with E-state index in [1.165, 1.54) is 51.4 Å². The Morgan fingerprint density at radius 2 is 2.00 bits per heavy atom. The lowest BCUT2D eigenvalue weighted by Gasteiger charge is -2.26. The van der Waals surface area contributed by atoms with Crippen molar-refractivity contribution in [2.24, 2.45) is 5.92 Å². The van der Waals surface area contributed by atoms with Crippen molar-refractivity contribution in [1.29, 1.82) is 0 Å². The predicted molar refractivity (Wildman–Crippen MR) is 69.8 cm³/mol. The highest BCUT2D eigenvalue weighted by atomic mass is 16.5. The quantitative estimate of drug-likeness (QED) is 0.642. The van der Waals surface area contributed by atoms with Crippen LogP contribution < -0.4 is 5.32 Å². The van der Waals surface area contributed by atoms with Gasteiger partial charge in [-0.1, -0.05) is 32.1 Å². The topological polar surface area (TPSA) is 21.3 Å². The lowest BCUT2D eigenvalue weighted by Crippen LogP contribution is -2.29. The van der Waals surface area contributed by atoms with Gasteiger partial charge < -0.3 is 10.1 Å². The van der Waals surface area contributed by atoms with E-state index in [2.05, 4.69) is 19.3 Å². The average molecular weight is 227 g/mol. The maximum absolute atomic E-state index is 5.39. The van der Waals surface area contributed by atoms with Crippen LogP contribution in [0.2, 0.25) is 0 Å². The summed E-state index contributed by atoms with van der Waals surface area (Å²) in [5.74, 6) is 0.985. The number of hydrogen-bond acceptors (Lipinski definition) is 2. The third-order valence-corrected chi connectivity index (χ3v) is 3.80. The van der Waals surface area contributed by atoms with Gasteiger partial charge in [-0.25, -0.2) is 0 Å². The Labute approximate surface area is 101 Å². The summed E-state index contributed by atoms with van der Waals surface area (Å²) in [7, 11) is 2.11. The molecule has 0 bridgehead atoms. The molecule has 1 fully saturated rings. The second-order valence-corrected chi connectivity index (χ2v) is 5.06. The van der Waals surface area contributed by atoms with E-state index >= 15 is 0 Å². The standard InChI is InChI=1S/C14H29NO/c1-3-16-11-7-10-14(15-2)12-13-8-5-4-6-9-13/h13-15H,3-12H2,1-2H3. The van der Waals surface area contributed by atoms with E-state index in [1.807, 2.05) is 0 Å². The minimum absolute atomic E-state index is 0.712. The Balaban J connectivity index is 2.09. The minimum Gasteiger partial charge on any atom is -0.382 e. The molecule has 1 rings (SSSR count). The smallest absolute Gasteiger partial charge is 0.0466 e. The van der Waals surface area contributed by atoms with Crippen molar-refractivity contribution < 1.29 is 4.74 Å². The summed E-state index contributed by atoms with van der Waals surface area (Å²) in [6.07, 6.45) is 11.2. The van der Waals surface area contributed by atoms with Crippen LogP contribution in [0.4, 0.5) is 0 Å². The van der Waals surface area contributed by atoms with Crippen molar-refractivity contribution in [3.8, 4) is 0 Å². The van der Waals surface area contributed by atoms with Gasteiger partial charge in [-0.2, -0.15) is 0 Å². The van der Waals surface area contributed by atoms with E-state index in [0.717, 1.165) is 19.1 Å². The van der Waals surface area contributed by atoms with Crippen molar-refractivity contribution in [3.63, 3.8) is 0 Å². The Bertz CT molecular complexity index is 155. The van der Waals surface area contributed by atoms with Gasteiger partial charge in [0.05, 0.1) is 0 Å². The van der Waals surface area contributed by atoms with Crippen LogP contribution in [-0.2, 0) is 4.74 Å². The molecule has 0 aromatic carbocycles. The van der Waals surface area contributed by atoms with Crippen molar-refractivity contribution in [2.75, 3.05) is 20.3 Å². The Hall–Kier alpha value is -0.0800. The summed E-state index contributed by atoms with van der Waals surface area (Å²) in [6.45, 7) is 3.85. The SMILES string of the molecule is CCOCCCC(CC1CCCCC1)NC. The molecule has 2 nitrogen and oxygen atoms in total. The lowest BCUT2D eigenvalue weighted by molar-refractivity contribution is 0.139. The molecule has 0 aromatic rings. The van der Waals surface area contributed by atoms with Gasteiger partial charge in [0.1, 0.15) is 0 Å². The fourth-order valence-corrected chi connectivity index (χ4v) is 2.78. The highest BCUT2D eigenvalue weighted by Gasteiger charge is 2.17. The van der Waals surface area contributed by atoms with Gasteiger partial charge in [-0.15, -0.1) is 0 Å². The predicted octanol–water partition coefficient (Wildman–Crippen LogP) is 3.36. The molecule has 0 heterocycles. The third-order valence-electron chi connectivity index (χ3n) is 3.80. The third kappa shape index (κ3) is 5.86. The van der Waals surface area contributed by atoms with Crippen molar-refractivity contribution in [2.45, 2.75) is 64.3 Å². The molecule has 1 unspecified atom stereocenters. The van der Waals surface area contributed by atoms with Gasteiger partial charge in [-0.05, 0) is 39.2 Å². The van der Waals surface area contributed by atoms with Gasteiger partial charge in [-0.3, -0.25) is 0 Å². The summed E-state index contributed by atoms with van der Waals surface area (Å²) in [4.78, 5) is 0. The fraction of sp³-hybridized carbons (Fsp3) is 1.00. The molecule has 1 atom stereocenters. The minimum atomic E-state index is 0.712. The summed E-state index contributed by atoms with van der Waals surface area (Å²) in [5.41, 5.74) is 0. The molecule has 0 saturated heterocycles. The molecule has 2 heteroatoms. The molecular weight excluding hydrogens is 198 g/mol. The van der Waals surface area contributed by atoms with Crippen LogP contribution >= 0.6 is 0 Å². The molecule has 1 aliphatic rings. The van der Waals surface area contributed by atoms with Gasteiger partial charge in [0.25, 0.3) is 0 Å². The Morgan fingerprint density at radius 3 is 2.62 bits per heavy atom. The molecule has 1 saturated carbocycles. The Morgan fingerprint density at radius 1 is 1.25 bits per heavy atom. The van der Waals surface area contributed by atoms with E-state index in [1.54, 1.807) is 0 Å². The van der Waals surface area contributed by atoms with Crippen molar-refractivity contribution in [3.05, 3.63) is 0 Å². The van der Waals surface area contributed by atoms with Crippen LogP contribution in [0.1, 0.15) is 58.3 Å².